The van der Waals surface area contributed by atoms with E-state index in [9.17, 15) is 4.79 Å². The smallest absolute Gasteiger partial charge is 0.257 e. The van der Waals surface area contributed by atoms with Gasteiger partial charge in [-0.25, -0.2) is 0 Å². The molecule has 1 saturated heterocycles. The van der Waals surface area contributed by atoms with Crippen LogP contribution < -0.4 is 10.1 Å². The zero-order chi connectivity index (χ0) is 17.5. The lowest BCUT2D eigenvalue weighted by atomic mass is 10.2. The second-order valence-corrected chi connectivity index (χ2v) is 8.34. The molecule has 3 rings (SSSR count). The maximum absolute atomic E-state index is 11.8. The molecule has 8 heteroatoms. The van der Waals surface area contributed by atoms with Gasteiger partial charge < -0.3 is 14.6 Å². The molecule has 1 fully saturated rings. The molecule has 0 unspecified atom stereocenters. The van der Waals surface area contributed by atoms with Gasteiger partial charge in [-0.3, -0.25) is 4.79 Å². The number of aryl methyl sites for hydroxylation is 1. The molecule has 1 aromatic carbocycles. The van der Waals surface area contributed by atoms with E-state index in [1.807, 2.05) is 35.7 Å². The molecule has 0 aliphatic carbocycles. The summed E-state index contributed by atoms with van der Waals surface area (Å²) >= 11 is 3.98. The van der Waals surface area contributed by atoms with E-state index in [2.05, 4.69) is 27.6 Å². The van der Waals surface area contributed by atoms with Gasteiger partial charge in [0.25, 0.3) is 5.91 Å². The highest BCUT2D eigenvalue weighted by Gasteiger charge is 2.16. The summed E-state index contributed by atoms with van der Waals surface area (Å²) in [6.07, 6.45) is 1.80. The summed E-state index contributed by atoms with van der Waals surface area (Å²) < 4.78 is 11.0. The Morgan fingerprint density at radius 2 is 2.08 bits per heavy atom. The van der Waals surface area contributed by atoms with Crippen molar-refractivity contribution in [1.82, 2.24) is 15.5 Å². The van der Waals surface area contributed by atoms with Crippen molar-refractivity contribution < 1.29 is 14.1 Å². The molecule has 6 nitrogen and oxygen atoms in total. The largest absolute Gasteiger partial charge is 0.484 e. The fourth-order valence-corrected chi connectivity index (χ4v) is 5.25. The van der Waals surface area contributed by atoms with Gasteiger partial charge in [0.15, 0.2) is 12.4 Å². The lowest BCUT2D eigenvalue weighted by Crippen LogP contribution is -2.30. The third-order valence-electron chi connectivity index (χ3n) is 3.58. The number of benzene rings is 1. The van der Waals surface area contributed by atoms with Gasteiger partial charge >= 0.3 is 0 Å². The monoisotopic (exact) mass is 379 g/mol. The van der Waals surface area contributed by atoms with Gasteiger partial charge in [-0.15, -0.1) is 23.5 Å². The summed E-state index contributed by atoms with van der Waals surface area (Å²) in [4.78, 5) is 15.9. The van der Waals surface area contributed by atoms with Gasteiger partial charge in [-0.1, -0.05) is 17.3 Å². The molecule has 1 aliphatic heterocycles. The number of hydrogen-bond donors (Lipinski definition) is 1. The number of carbonyl (C=O) groups excluding carboxylic acids is 1. The molecule has 0 bridgehead atoms. The van der Waals surface area contributed by atoms with Crippen LogP contribution in [0.3, 0.4) is 0 Å². The highest BCUT2D eigenvalue weighted by Crippen LogP contribution is 2.43. The first-order valence-corrected chi connectivity index (χ1v) is 10.3. The van der Waals surface area contributed by atoms with Crippen LogP contribution in [-0.4, -0.2) is 40.7 Å². The van der Waals surface area contributed by atoms with Gasteiger partial charge in [0.05, 0.1) is 4.58 Å². The maximum atomic E-state index is 11.8. The fraction of sp³-hybridized carbons (Fsp3) is 0.471. The molecule has 25 heavy (non-hydrogen) atoms. The van der Waals surface area contributed by atoms with Gasteiger partial charge in [0.1, 0.15) is 5.75 Å². The van der Waals surface area contributed by atoms with E-state index in [1.54, 1.807) is 6.92 Å². The average molecular weight is 380 g/mol. The molecule has 0 radical (unpaired) electrons. The minimum Gasteiger partial charge on any atom is -0.484 e. The maximum Gasteiger partial charge on any atom is 0.257 e. The highest BCUT2D eigenvalue weighted by atomic mass is 32.2. The molecular formula is C17H21N3O3S2. The first kappa shape index (κ1) is 18.1. The number of nitrogens with one attached hydrogen (secondary N) is 1. The fourth-order valence-electron chi connectivity index (χ4n) is 2.35. The van der Waals surface area contributed by atoms with E-state index in [4.69, 9.17) is 9.26 Å². The predicted octanol–water partition coefficient (Wildman–Crippen LogP) is 2.98. The van der Waals surface area contributed by atoms with Crippen molar-refractivity contribution in [2.24, 2.45) is 0 Å². The number of thioether (sulfide) groups is 2. The van der Waals surface area contributed by atoms with Gasteiger partial charge in [-0.2, -0.15) is 4.98 Å². The summed E-state index contributed by atoms with van der Waals surface area (Å²) in [7, 11) is 0. The van der Waals surface area contributed by atoms with Crippen LogP contribution in [0.5, 0.6) is 5.75 Å². The number of hydrogen-bond acceptors (Lipinski definition) is 7. The number of carbonyl (C=O) groups is 1. The minimum atomic E-state index is -0.168. The summed E-state index contributed by atoms with van der Waals surface area (Å²) in [6, 6.07) is 8.03. The Balaban J connectivity index is 1.38. The van der Waals surface area contributed by atoms with E-state index >= 15 is 0 Å². The van der Waals surface area contributed by atoms with Crippen molar-refractivity contribution in [2.75, 3.05) is 24.7 Å². The molecule has 1 aliphatic rings. The summed E-state index contributed by atoms with van der Waals surface area (Å²) in [5.41, 5.74) is 1.31. The Morgan fingerprint density at radius 3 is 2.76 bits per heavy atom. The number of amides is 1. The van der Waals surface area contributed by atoms with E-state index < -0.39 is 0 Å². The Kier molecular flexibility index (Phi) is 6.63. The normalized spacial score (nSPS) is 15.1. The van der Waals surface area contributed by atoms with Crippen LogP contribution in [0.4, 0.5) is 0 Å². The van der Waals surface area contributed by atoms with Crippen LogP contribution in [0.2, 0.25) is 0 Å². The second-order valence-electron chi connectivity index (χ2n) is 5.62. The zero-order valence-electron chi connectivity index (χ0n) is 14.1. The SMILES string of the molecule is Cc1noc(CCNC(=O)COc2ccc(C3SCCCS3)cc2)n1. The summed E-state index contributed by atoms with van der Waals surface area (Å²) in [5.74, 6) is 4.10. The van der Waals surface area contributed by atoms with Crippen molar-refractivity contribution in [3.63, 3.8) is 0 Å². The lowest BCUT2D eigenvalue weighted by molar-refractivity contribution is -0.123. The Labute approximate surface area is 155 Å². The van der Waals surface area contributed by atoms with Crippen LogP contribution in [0.25, 0.3) is 0 Å². The summed E-state index contributed by atoms with van der Waals surface area (Å²) in [5, 5.41) is 6.48. The second kappa shape index (κ2) is 9.15. The molecule has 1 aromatic heterocycles. The Hall–Kier alpha value is -1.67. The molecule has 1 N–H and O–H groups in total. The zero-order valence-corrected chi connectivity index (χ0v) is 15.7. The Bertz CT molecular complexity index is 685. The van der Waals surface area contributed by atoms with Crippen LogP contribution >= 0.6 is 23.5 Å². The third-order valence-corrected chi connectivity index (χ3v) is 6.60. The van der Waals surface area contributed by atoms with Gasteiger partial charge in [-0.05, 0) is 42.5 Å². The van der Waals surface area contributed by atoms with Crippen LogP contribution in [0.1, 0.15) is 28.3 Å². The van der Waals surface area contributed by atoms with Crippen molar-refractivity contribution in [3.05, 3.63) is 41.5 Å². The van der Waals surface area contributed by atoms with E-state index in [0.717, 1.165) is 0 Å². The molecule has 134 valence electrons. The topological polar surface area (TPSA) is 77.2 Å². The number of ether oxygens (including phenoxy) is 1. The standard InChI is InChI=1S/C17H21N3O3S2/c1-12-19-16(23-20-12)7-8-18-15(21)11-22-14-5-3-13(4-6-14)17-24-9-2-10-25-17/h3-6,17H,2,7-11H2,1H3,(H,18,21). The van der Waals surface area contributed by atoms with Crippen LogP contribution in [0, 0.1) is 6.92 Å². The third kappa shape index (κ3) is 5.67. The Morgan fingerprint density at radius 1 is 1.32 bits per heavy atom. The van der Waals surface area contributed by atoms with Crippen molar-refractivity contribution in [2.45, 2.75) is 24.3 Å². The van der Waals surface area contributed by atoms with Gasteiger partial charge in [0.2, 0.25) is 5.89 Å². The van der Waals surface area contributed by atoms with Crippen molar-refractivity contribution >= 4 is 29.4 Å². The molecule has 2 heterocycles. The average Bonchev–Trinajstić information content (AvgIpc) is 3.06. The highest BCUT2D eigenvalue weighted by molar-refractivity contribution is 8.16. The van der Waals surface area contributed by atoms with Crippen molar-refractivity contribution in [3.8, 4) is 5.75 Å². The lowest BCUT2D eigenvalue weighted by Gasteiger charge is -2.21. The molecule has 0 saturated carbocycles. The minimum absolute atomic E-state index is 0.00483. The molecule has 2 aromatic rings. The van der Waals surface area contributed by atoms with E-state index in [0.29, 0.717) is 35.0 Å². The van der Waals surface area contributed by atoms with Gasteiger partial charge in [0, 0.05) is 13.0 Å². The van der Waals surface area contributed by atoms with Crippen LogP contribution in [-0.2, 0) is 11.2 Å². The number of nitrogens with zero attached hydrogens (tertiary/aromatic N) is 2. The summed E-state index contributed by atoms with van der Waals surface area (Å²) in [6.45, 7) is 2.20. The number of aromatic nitrogens is 2. The molecule has 0 atom stereocenters. The van der Waals surface area contributed by atoms with Crippen molar-refractivity contribution in [1.29, 1.82) is 0 Å². The first-order valence-electron chi connectivity index (χ1n) is 8.22. The van der Waals surface area contributed by atoms with Crippen LogP contribution in [0.15, 0.2) is 28.8 Å². The van der Waals surface area contributed by atoms with E-state index in [-0.39, 0.29) is 12.5 Å². The predicted molar refractivity (Wildman–Crippen MR) is 100.0 cm³/mol. The number of rotatable bonds is 7. The quantitative estimate of drug-likeness (QED) is 0.792. The molecule has 1 amide bonds. The molecule has 0 spiro atoms. The first-order chi connectivity index (χ1) is 12.2. The van der Waals surface area contributed by atoms with E-state index in [1.165, 1.54) is 23.5 Å². The molecular weight excluding hydrogens is 358 g/mol.